The SMILES string of the molecule is CCOC(=O)c1c(C)n(C)c2ccc(OC)c(NC(=O)CN3C[C@H](C)C(=O)C[C@@H]3C)c12. The first kappa shape index (κ1) is 22.8. The first-order chi connectivity index (χ1) is 14.7. The van der Waals surface area contributed by atoms with E-state index in [2.05, 4.69) is 5.32 Å². The van der Waals surface area contributed by atoms with Crippen LogP contribution >= 0.6 is 0 Å². The number of methoxy groups -OCH3 is 1. The molecule has 2 heterocycles. The Morgan fingerprint density at radius 2 is 1.97 bits per heavy atom. The van der Waals surface area contributed by atoms with E-state index in [-0.39, 0.29) is 36.8 Å². The molecule has 8 heteroatoms. The number of benzene rings is 1. The van der Waals surface area contributed by atoms with E-state index in [1.807, 2.05) is 43.4 Å². The Morgan fingerprint density at radius 1 is 1.26 bits per heavy atom. The van der Waals surface area contributed by atoms with Crippen LogP contribution in [0, 0.1) is 12.8 Å². The number of fused-ring (bicyclic) bond motifs is 1. The zero-order valence-corrected chi connectivity index (χ0v) is 19.1. The molecule has 1 aliphatic heterocycles. The molecule has 0 aliphatic carbocycles. The number of ketones is 1. The first-order valence-corrected chi connectivity index (χ1v) is 10.6. The number of hydrogen-bond donors (Lipinski definition) is 1. The molecule has 0 bridgehead atoms. The van der Waals surface area contributed by atoms with E-state index in [4.69, 9.17) is 9.47 Å². The van der Waals surface area contributed by atoms with E-state index in [9.17, 15) is 14.4 Å². The van der Waals surface area contributed by atoms with Crippen LogP contribution in [-0.4, -0.2) is 60.0 Å². The van der Waals surface area contributed by atoms with Crippen molar-refractivity contribution >= 4 is 34.3 Å². The molecule has 2 atom stereocenters. The van der Waals surface area contributed by atoms with Crippen molar-refractivity contribution in [1.29, 1.82) is 0 Å². The molecule has 0 unspecified atom stereocenters. The second-order valence-electron chi connectivity index (χ2n) is 8.17. The highest BCUT2D eigenvalue weighted by molar-refractivity contribution is 6.14. The Kier molecular flexibility index (Phi) is 6.69. The van der Waals surface area contributed by atoms with Gasteiger partial charge in [-0.1, -0.05) is 6.92 Å². The van der Waals surface area contributed by atoms with Gasteiger partial charge in [-0.2, -0.15) is 0 Å². The van der Waals surface area contributed by atoms with Crippen molar-refractivity contribution in [2.75, 3.05) is 32.1 Å². The molecule has 1 saturated heterocycles. The van der Waals surface area contributed by atoms with E-state index in [0.717, 1.165) is 11.2 Å². The molecule has 31 heavy (non-hydrogen) atoms. The number of likely N-dealkylation sites (tertiary alicyclic amines) is 1. The first-order valence-electron chi connectivity index (χ1n) is 10.6. The molecule has 1 amide bonds. The average Bonchev–Trinajstić information content (AvgIpc) is 2.97. The molecule has 3 rings (SSSR count). The summed E-state index contributed by atoms with van der Waals surface area (Å²) in [5.74, 6) is -0.0577. The number of Topliss-reactive ketones (excluding diaryl/α,β-unsaturated/α-hetero) is 1. The van der Waals surface area contributed by atoms with Gasteiger partial charge in [0.05, 0.1) is 37.0 Å². The molecule has 1 aromatic heterocycles. The number of carbonyl (C=O) groups excluding carboxylic acids is 3. The summed E-state index contributed by atoms with van der Waals surface area (Å²) in [4.78, 5) is 39.7. The number of esters is 1. The average molecular weight is 430 g/mol. The Labute approximate surface area is 182 Å². The fraction of sp³-hybridized carbons (Fsp3) is 0.522. The van der Waals surface area contributed by atoms with Crippen LogP contribution in [0.4, 0.5) is 5.69 Å². The molecule has 0 radical (unpaired) electrons. The summed E-state index contributed by atoms with van der Waals surface area (Å²) in [5.41, 5.74) is 2.40. The van der Waals surface area contributed by atoms with Crippen LogP contribution in [-0.2, 0) is 21.4 Å². The lowest BCUT2D eigenvalue weighted by Gasteiger charge is -2.35. The van der Waals surface area contributed by atoms with Crippen LogP contribution < -0.4 is 10.1 Å². The van der Waals surface area contributed by atoms with Crippen molar-refractivity contribution in [3.63, 3.8) is 0 Å². The van der Waals surface area contributed by atoms with Crippen molar-refractivity contribution in [2.24, 2.45) is 13.0 Å². The summed E-state index contributed by atoms with van der Waals surface area (Å²) < 4.78 is 12.7. The second kappa shape index (κ2) is 9.09. The molecule has 2 aromatic rings. The molecule has 1 aliphatic rings. The Bertz CT molecular complexity index is 1030. The summed E-state index contributed by atoms with van der Waals surface area (Å²) in [7, 11) is 3.39. The minimum atomic E-state index is -0.439. The lowest BCUT2D eigenvalue weighted by molar-refractivity contribution is -0.129. The smallest absolute Gasteiger partial charge is 0.340 e. The van der Waals surface area contributed by atoms with Gasteiger partial charge in [-0.3, -0.25) is 14.5 Å². The summed E-state index contributed by atoms with van der Waals surface area (Å²) in [6, 6.07) is 3.64. The number of aromatic nitrogens is 1. The molecule has 1 N–H and O–H groups in total. The van der Waals surface area contributed by atoms with E-state index in [0.29, 0.717) is 35.4 Å². The van der Waals surface area contributed by atoms with E-state index in [1.165, 1.54) is 7.11 Å². The lowest BCUT2D eigenvalue weighted by Crippen LogP contribution is -2.48. The Hall–Kier alpha value is -2.87. The predicted molar refractivity (Wildman–Crippen MR) is 119 cm³/mol. The van der Waals surface area contributed by atoms with Gasteiger partial charge in [0.25, 0.3) is 0 Å². The zero-order valence-electron chi connectivity index (χ0n) is 19.1. The summed E-state index contributed by atoms with van der Waals surface area (Å²) in [5, 5.41) is 3.56. The number of aryl methyl sites for hydroxylation is 1. The summed E-state index contributed by atoms with van der Waals surface area (Å²) >= 11 is 0. The third-order valence-corrected chi connectivity index (χ3v) is 6.11. The van der Waals surface area contributed by atoms with E-state index >= 15 is 0 Å². The monoisotopic (exact) mass is 429 g/mol. The minimum absolute atomic E-state index is 0.00111. The van der Waals surface area contributed by atoms with Crippen LogP contribution in [0.15, 0.2) is 12.1 Å². The number of amides is 1. The largest absolute Gasteiger partial charge is 0.495 e. The van der Waals surface area contributed by atoms with Crippen molar-refractivity contribution in [3.8, 4) is 5.75 Å². The molecular weight excluding hydrogens is 398 g/mol. The van der Waals surface area contributed by atoms with Gasteiger partial charge in [0, 0.05) is 43.1 Å². The summed E-state index contributed by atoms with van der Waals surface area (Å²) in [6.07, 6.45) is 0.443. The van der Waals surface area contributed by atoms with Crippen molar-refractivity contribution in [3.05, 3.63) is 23.4 Å². The number of piperidine rings is 1. The van der Waals surface area contributed by atoms with Gasteiger partial charge >= 0.3 is 5.97 Å². The highest BCUT2D eigenvalue weighted by atomic mass is 16.5. The molecule has 1 aromatic carbocycles. The van der Waals surface area contributed by atoms with Crippen molar-refractivity contribution < 1.29 is 23.9 Å². The zero-order chi connectivity index (χ0) is 22.9. The van der Waals surface area contributed by atoms with Crippen LogP contribution in [0.25, 0.3) is 10.9 Å². The standard InChI is InChI=1S/C23H31N3O5/c1-7-31-23(29)20-15(4)25(5)16-8-9-18(30-6)22(21(16)20)24-19(28)12-26-11-13(2)17(27)10-14(26)3/h8-9,13-14H,7,10-12H2,1-6H3,(H,24,28)/t13-,14-/m0/s1. The fourth-order valence-electron chi connectivity index (χ4n) is 4.22. The molecule has 0 saturated carbocycles. The Balaban J connectivity index is 1.99. The van der Waals surface area contributed by atoms with Crippen LogP contribution in [0.3, 0.4) is 0 Å². The predicted octanol–water partition coefficient (Wildman–Crippen LogP) is 2.91. The number of anilines is 1. The number of rotatable bonds is 6. The fourth-order valence-corrected chi connectivity index (χ4v) is 4.22. The maximum atomic E-state index is 13.0. The second-order valence-corrected chi connectivity index (χ2v) is 8.17. The van der Waals surface area contributed by atoms with E-state index < -0.39 is 5.97 Å². The molecule has 1 fully saturated rings. The maximum Gasteiger partial charge on any atom is 0.340 e. The highest BCUT2D eigenvalue weighted by Gasteiger charge is 2.31. The van der Waals surface area contributed by atoms with Gasteiger partial charge in [0.2, 0.25) is 5.91 Å². The Morgan fingerprint density at radius 3 is 2.61 bits per heavy atom. The van der Waals surface area contributed by atoms with E-state index in [1.54, 1.807) is 13.0 Å². The topological polar surface area (TPSA) is 89.9 Å². The number of nitrogens with zero attached hydrogens (tertiary/aromatic N) is 2. The van der Waals surface area contributed by atoms with Crippen LogP contribution in [0.5, 0.6) is 5.75 Å². The van der Waals surface area contributed by atoms with Crippen LogP contribution in [0.1, 0.15) is 43.2 Å². The number of hydrogen-bond acceptors (Lipinski definition) is 6. The van der Waals surface area contributed by atoms with Gasteiger partial charge in [0.15, 0.2) is 0 Å². The quantitative estimate of drug-likeness (QED) is 0.710. The third kappa shape index (κ3) is 4.30. The van der Waals surface area contributed by atoms with Gasteiger partial charge in [-0.05, 0) is 32.9 Å². The molecule has 168 valence electrons. The highest BCUT2D eigenvalue weighted by Crippen LogP contribution is 2.38. The summed E-state index contributed by atoms with van der Waals surface area (Å²) in [6.45, 7) is 8.40. The molecule has 0 spiro atoms. The van der Waals surface area contributed by atoms with Gasteiger partial charge < -0.3 is 19.4 Å². The normalized spacial score (nSPS) is 19.5. The van der Waals surface area contributed by atoms with Gasteiger partial charge in [0.1, 0.15) is 11.5 Å². The number of carbonyl (C=O) groups is 3. The lowest BCUT2D eigenvalue weighted by atomic mass is 9.93. The minimum Gasteiger partial charge on any atom is -0.495 e. The number of nitrogens with one attached hydrogen (secondary N) is 1. The van der Waals surface area contributed by atoms with Gasteiger partial charge in [-0.15, -0.1) is 0 Å². The number of ether oxygens (including phenoxy) is 2. The van der Waals surface area contributed by atoms with Crippen LogP contribution in [0.2, 0.25) is 0 Å². The van der Waals surface area contributed by atoms with Crippen molar-refractivity contribution in [1.82, 2.24) is 9.47 Å². The molecular formula is C23H31N3O5. The van der Waals surface area contributed by atoms with Crippen molar-refractivity contribution in [2.45, 2.75) is 40.2 Å². The molecule has 8 nitrogen and oxygen atoms in total. The van der Waals surface area contributed by atoms with Gasteiger partial charge in [-0.25, -0.2) is 4.79 Å². The maximum absolute atomic E-state index is 13.0. The third-order valence-electron chi connectivity index (χ3n) is 6.11.